The van der Waals surface area contributed by atoms with Crippen molar-refractivity contribution in [1.29, 1.82) is 0 Å². The Morgan fingerprint density at radius 2 is 0.893 bits per heavy atom. The first-order valence-corrected chi connectivity index (χ1v) is 18.9. The molecule has 0 spiro atoms. The van der Waals surface area contributed by atoms with Gasteiger partial charge in [0.25, 0.3) is 0 Å². The van der Waals surface area contributed by atoms with Gasteiger partial charge in [-0.3, -0.25) is 0 Å². The zero-order chi connectivity index (χ0) is 37.0. The van der Waals surface area contributed by atoms with Crippen LogP contribution in [0.3, 0.4) is 0 Å². The SMILES string of the molecule is c1ccc(-c2ccc(-c3cc(-c4cccc(-c5ccccc5)c4)nc(-c4ccc5c6ccccc6n(-c6ccc7oc8ccccc8c7c6)c5c4)n3)cc2)cc1. The Kier molecular flexibility index (Phi) is 7.46. The molecule has 0 atom stereocenters. The Balaban J connectivity index is 1.10. The van der Waals surface area contributed by atoms with Crippen molar-refractivity contribution in [2.45, 2.75) is 0 Å². The molecule has 0 amide bonds. The van der Waals surface area contributed by atoms with E-state index in [1.165, 1.54) is 27.5 Å². The fourth-order valence-electron chi connectivity index (χ4n) is 8.07. The third-order valence-corrected chi connectivity index (χ3v) is 10.8. The maximum atomic E-state index is 6.21. The summed E-state index contributed by atoms with van der Waals surface area (Å²) in [5.74, 6) is 0.671. The molecular weight excluding hydrogens is 683 g/mol. The molecule has 3 aromatic heterocycles. The zero-order valence-electron chi connectivity index (χ0n) is 30.3. The number of nitrogens with zero attached hydrogens (tertiary/aromatic N) is 3. The average molecular weight is 716 g/mol. The number of hydrogen-bond acceptors (Lipinski definition) is 3. The molecule has 0 unspecified atom stereocenters. The van der Waals surface area contributed by atoms with E-state index in [1.54, 1.807) is 0 Å². The van der Waals surface area contributed by atoms with Crippen LogP contribution in [0.25, 0.3) is 106 Å². The predicted octanol–water partition coefficient (Wildman–Crippen LogP) is 13.8. The molecule has 0 aliphatic carbocycles. The fraction of sp³-hybridized carbons (Fsp3) is 0. The Labute approximate surface area is 323 Å². The second-order valence-corrected chi connectivity index (χ2v) is 14.2. The average Bonchev–Trinajstić information content (AvgIpc) is 3.82. The van der Waals surface area contributed by atoms with Crippen molar-refractivity contribution in [3.05, 3.63) is 200 Å². The van der Waals surface area contributed by atoms with E-state index in [0.29, 0.717) is 5.82 Å². The van der Waals surface area contributed by atoms with Gasteiger partial charge in [-0.1, -0.05) is 152 Å². The topological polar surface area (TPSA) is 43.9 Å². The Bertz CT molecular complexity index is 3230. The summed E-state index contributed by atoms with van der Waals surface area (Å²) >= 11 is 0. The van der Waals surface area contributed by atoms with Gasteiger partial charge in [0.2, 0.25) is 0 Å². The van der Waals surface area contributed by atoms with Gasteiger partial charge in [0.15, 0.2) is 5.82 Å². The van der Waals surface area contributed by atoms with Gasteiger partial charge in [-0.15, -0.1) is 0 Å². The highest BCUT2D eigenvalue weighted by Crippen LogP contribution is 2.38. The van der Waals surface area contributed by atoms with Crippen molar-refractivity contribution in [2.75, 3.05) is 0 Å². The van der Waals surface area contributed by atoms with Gasteiger partial charge in [-0.05, 0) is 70.8 Å². The van der Waals surface area contributed by atoms with E-state index >= 15 is 0 Å². The van der Waals surface area contributed by atoms with E-state index in [9.17, 15) is 0 Å². The molecule has 0 radical (unpaired) electrons. The van der Waals surface area contributed by atoms with Crippen LogP contribution >= 0.6 is 0 Å². The molecule has 8 aromatic carbocycles. The minimum atomic E-state index is 0.671. The molecule has 3 heterocycles. The van der Waals surface area contributed by atoms with E-state index in [4.69, 9.17) is 14.4 Å². The lowest BCUT2D eigenvalue weighted by Crippen LogP contribution is -1.97. The first-order chi connectivity index (χ1) is 27.7. The minimum absolute atomic E-state index is 0.671. The highest BCUT2D eigenvalue weighted by Gasteiger charge is 2.18. The third-order valence-electron chi connectivity index (χ3n) is 10.8. The van der Waals surface area contributed by atoms with Crippen LogP contribution in [0, 0.1) is 0 Å². The molecule has 56 heavy (non-hydrogen) atoms. The summed E-state index contributed by atoms with van der Waals surface area (Å²) in [6, 6.07) is 70.3. The second-order valence-electron chi connectivity index (χ2n) is 14.2. The molecular formula is C52H33N3O. The first kappa shape index (κ1) is 31.9. The largest absolute Gasteiger partial charge is 0.456 e. The van der Waals surface area contributed by atoms with Crippen molar-refractivity contribution in [2.24, 2.45) is 0 Å². The van der Waals surface area contributed by atoms with Gasteiger partial charge >= 0.3 is 0 Å². The van der Waals surface area contributed by atoms with Crippen molar-refractivity contribution < 1.29 is 4.42 Å². The first-order valence-electron chi connectivity index (χ1n) is 18.9. The van der Waals surface area contributed by atoms with E-state index in [-0.39, 0.29) is 0 Å². The molecule has 4 heteroatoms. The summed E-state index contributed by atoms with van der Waals surface area (Å²) in [4.78, 5) is 10.6. The molecule has 0 aliphatic rings. The lowest BCUT2D eigenvalue weighted by molar-refractivity contribution is 0.669. The van der Waals surface area contributed by atoms with Crippen molar-refractivity contribution in [1.82, 2.24) is 14.5 Å². The summed E-state index contributed by atoms with van der Waals surface area (Å²) in [6.07, 6.45) is 0. The van der Waals surface area contributed by atoms with Gasteiger partial charge in [-0.25, -0.2) is 9.97 Å². The van der Waals surface area contributed by atoms with E-state index in [1.807, 2.05) is 24.3 Å². The van der Waals surface area contributed by atoms with Gasteiger partial charge < -0.3 is 8.98 Å². The standard InChI is InChI=1S/C52H33N3O/c1-3-12-34(13-4-1)36-22-24-37(25-23-36)46-33-47(39-17-11-16-38(30-39)35-14-5-2-6-15-35)54-52(53-46)40-26-28-43-42-18-7-9-20-48(42)55(49(43)31-40)41-27-29-51-45(32-41)44-19-8-10-21-50(44)56-51/h1-33H. The Morgan fingerprint density at radius 1 is 0.321 bits per heavy atom. The summed E-state index contributed by atoms with van der Waals surface area (Å²) in [5.41, 5.74) is 14.5. The number of benzene rings is 8. The lowest BCUT2D eigenvalue weighted by atomic mass is 9.99. The van der Waals surface area contributed by atoms with Crippen molar-refractivity contribution >= 4 is 43.7 Å². The van der Waals surface area contributed by atoms with Gasteiger partial charge in [-0.2, -0.15) is 0 Å². The van der Waals surface area contributed by atoms with Crippen LogP contribution in [-0.2, 0) is 0 Å². The molecule has 11 aromatic rings. The summed E-state index contributed by atoms with van der Waals surface area (Å²) in [7, 11) is 0. The number of hydrogen-bond donors (Lipinski definition) is 0. The number of rotatable bonds is 6. The van der Waals surface area contributed by atoms with Crippen LogP contribution in [-0.4, -0.2) is 14.5 Å². The van der Waals surface area contributed by atoms with Gasteiger partial charge in [0.1, 0.15) is 11.2 Å². The maximum Gasteiger partial charge on any atom is 0.160 e. The quantitative estimate of drug-likeness (QED) is 0.172. The lowest BCUT2D eigenvalue weighted by Gasteiger charge is -2.12. The predicted molar refractivity (Wildman–Crippen MR) is 231 cm³/mol. The molecule has 0 saturated carbocycles. The highest BCUT2D eigenvalue weighted by atomic mass is 16.3. The molecule has 0 fully saturated rings. The Hall–Kier alpha value is -7.56. The van der Waals surface area contributed by atoms with Crippen LogP contribution in [0.1, 0.15) is 0 Å². The minimum Gasteiger partial charge on any atom is -0.456 e. The normalized spacial score (nSPS) is 11.6. The number of aromatic nitrogens is 3. The van der Waals surface area contributed by atoms with Crippen LogP contribution in [0.4, 0.5) is 0 Å². The molecule has 0 aliphatic heterocycles. The molecule has 0 bridgehead atoms. The van der Waals surface area contributed by atoms with Crippen molar-refractivity contribution in [3.8, 4) is 61.8 Å². The van der Waals surface area contributed by atoms with Gasteiger partial charge in [0, 0.05) is 43.9 Å². The van der Waals surface area contributed by atoms with E-state index in [0.717, 1.165) is 72.3 Å². The van der Waals surface area contributed by atoms with Crippen LogP contribution < -0.4 is 0 Å². The second kappa shape index (κ2) is 13.1. The highest BCUT2D eigenvalue weighted by molar-refractivity contribution is 6.11. The third kappa shape index (κ3) is 5.47. The monoisotopic (exact) mass is 715 g/mol. The number of para-hydroxylation sites is 2. The summed E-state index contributed by atoms with van der Waals surface area (Å²) in [5, 5.41) is 4.57. The van der Waals surface area contributed by atoms with Crippen LogP contribution in [0.15, 0.2) is 205 Å². The zero-order valence-corrected chi connectivity index (χ0v) is 30.3. The summed E-state index contributed by atoms with van der Waals surface area (Å²) < 4.78 is 8.56. The fourth-order valence-corrected chi connectivity index (χ4v) is 8.07. The smallest absolute Gasteiger partial charge is 0.160 e. The Morgan fingerprint density at radius 3 is 1.70 bits per heavy atom. The van der Waals surface area contributed by atoms with Crippen LogP contribution in [0.2, 0.25) is 0 Å². The number of furan rings is 1. The van der Waals surface area contributed by atoms with Crippen molar-refractivity contribution in [3.63, 3.8) is 0 Å². The van der Waals surface area contributed by atoms with E-state index in [2.05, 4.69) is 180 Å². The molecule has 4 nitrogen and oxygen atoms in total. The molecule has 0 saturated heterocycles. The van der Waals surface area contributed by atoms with E-state index < -0.39 is 0 Å². The molecule has 11 rings (SSSR count). The summed E-state index contributed by atoms with van der Waals surface area (Å²) in [6.45, 7) is 0. The molecule has 262 valence electrons. The molecule has 0 N–H and O–H groups in total. The number of fused-ring (bicyclic) bond motifs is 6. The maximum absolute atomic E-state index is 6.21. The van der Waals surface area contributed by atoms with Crippen LogP contribution in [0.5, 0.6) is 0 Å². The van der Waals surface area contributed by atoms with Gasteiger partial charge in [0.05, 0.1) is 22.4 Å².